The number of carbonyl (C=O) groups is 1. The molecule has 0 aliphatic rings. The molecule has 2 heterocycles. The van der Waals surface area contributed by atoms with Crippen LogP contribution in [0.25, 0.3) is 33.6 Å². The molecule has 7 nitrogen and oxygen atoms in total. The molecule has 5 rings (SSSR count). The monoisotopic (exact) mass is 476 g/mol. The van der Waals surface area contributed by atoms with Crippen molar-refractivity contribution in [2.24, 2.45) is 0 Å². The Labute approximate surface area is 208 Å². The van der Waals surface area contributed by atoms with E-state index in [2.05, 4.69) is 20.4 Å². The van der Waals surface area contributed by atoms with Gasteiger partial charge in [0.2, 0.25) is 11.7 Å². The van der Waals surface area contributed by atoms with Crippen molar-refractivity contribution in [1.82, 2.24) is 15.1 Å². The molecule has 0 spiro atoms. The Bertz CT molecular complexity index is 1530. The maximum absolute atomic E-state index is 13.0. The fourth-order valence-corrected chi connectivity index (χ4v) is 4.09. The number of aryl methyl sites for hydroxylation is 2. The van der Waals surface area contributed by atoms with Gasteiger partial charge in [0.05, 0.1) is 7.11 Å². The second-order valence-electron chi connectivity index (χ2n) is 8.35. The van der Waals surface area contributed by atoms with Crippen LogP contribution in [0, 0.1) is 13.8 Å². The molecule has 0 bridgehead atoms. The van der Waals surface area contributed by atoms with Crippen molar-refractivity contribution >= 4 is 11.6 Å². The number of ether oxygens (including phenoxy) is 1. The molecular weight excluding hydrogens is 452 g/mol. The Morgan fingerprint density at radius 1 is 0.833 bits per heavy atom. The lowest BCUT2D eigenvalue weighted by Gasteiger charge is -2.13. The maximum atomic E-state index is 13.0. The first-order valence-electron chi connectivity index (χ1n) is 11.4. The first-order valence-corrected chi connectivity index (χ1v) is 11.4. The van der Waals surface area contributed by atoms with Crippen LogP contribution in [0.1, 0.15) is 21.8 Å². The number of methoxy groups -OCH3 is 1. The molecule has 36 heavy (non-hydrogen) atoms. The molecule has 0 aliphatic heterocycles. The first-order chi connectivity index (χ1) is 17.5. The molecule has 1 amide bonds. The molecule has 0 saturated heterocycles. The number of amides is 1. The van der Waals surface area contributed by atoms with Crippen LogP contribution in [0.3, 0.4) is 0 Å². The smallest absolute Gasteiger partial charge is 0.255 e. The van der Waals surface area contributed by atoms with Crippen LogP contribution in [0.15, 0.2) is 89.7 Å². The summed E-state index contributed by atoms with van der Waals surface area (Å²) in [5.74, 6) is 1.63. The minimum absolute atomic E-state index is 0.182. The van der Waals surface area contributed by atoms with E-state index < -0.39 is 0 Å². The Morgan fingerprint density at radius 2 is 1.56 bits per heavy atom. The van der Waals surface area contributed by atoms with Crippen molar-refractivity contribution in [3.63, 3.8) is 0 Å². The van der Waals surface area contributed by atoms with Crippen molar-refractivity contribution in [3.05, 3.63) is 102 Å². The van der Waals surface area contributed by atoms with Crippen LogP contribution in [0.2, 0.25) is 0 Å². The number of carbonyl (C=O) groups excluding carboxylic acids is 1. The van der Waals surface area contributed by atoms with E-state index in [-0.39, 0.29) is 5.91 Å². The van der Waals surface area contributed by atoms with Crippen LogP contribution >= 0.6 is 0 Å². The summed E-state index contributed by atoms with van der Waals surface area (Å²) in [7, 11) is 1.63. The molecule has 0 radical (unpaired) electrons. The third kappa shape index (κ3) is 4.72. The van der Waals surface area contributed by atoms with Crippen molar-refractivity contribution < 1.29 is 14.1 Å². The zero-order chi connectivity index (χ0) is 25.1. The Kier molecular flexibility index (Phi) is 6.28. The molecule has 0 aliphatic carbocycles. The number of nitrogens with zero attached hydrogens (tertiary/aromatic N) is 3. The number of aromatic nitrogens is 3. The van der Waals surface area contributed by atoms with Gasteiger partial charge in [-0.15, -0.1) is 0 Å². The van der Waals surface area contributed by atoms with E-state index in [1.54, 1.807) is 26.4 Å². The molecular formula is C29H24N4O3. The highest BCUT2D eigenvalue weighted by atomic mass is 16.5. The van der Waals surface area contributed by atoms with Gasteiger partial charge in [-0.2, -0.15) is 4.98 Å². The molecule has 1 N–H and O–H groups in total. The van der Waals surface area contributed by atoms with Crippen LogP contribution < -0.4 is 10.1 Å². The van der Waals surface area contributed by atoms with Gasteiger partial charge < -0.3 is 14.6 Å². The SMILES string of the molecule is COc1ccc(NC(=O)c2ccc(-c3ccc(-c4noc(C)n4)cc3)c(C)c2)cc1-c1ccncc1. The fourth-order valence-electron chi connectivity index (χ4n) is 4.09. The number of pyridine rings is 1. The topological polar surface area (TPSA) is 90.1 Å². The van der Waals surface area contributed by atoms with Gasteiger partial charge in [0, 0.05) is 41.7 Å². The lowest BCUT2D eigenvalue weighted by molar-refractivity contribution is 0.102. The highest BCUT2D eigenvalue weighted by Gasteiger charge is 2.13. The zero-order valence-electron chi connectivity index (χ0n) is 20.1. The Morgan fingerprint density at radius 3 is 2.22 bits per heavy atom. The van der Waals surface area contributed by atoms with E-state index in [0.29, 0.717) is 23.0 Å². The normalized spacial score (nSPS) is 10.8. The number of nitrogens with one attached hydrogen (secondary N) is 1. The second-order valence-corrected chi connectivity index (χ2v) is 8.35. The van der Waals surface area contributed by atoms with Crippen molar-refractivity contribution in [3.8, 4) is 39.4 Å². The second kappa shape index (κ2) is 9.84. The summed E-state index contributed by atoms with van der Waals surface area (Å²) < 4.78 is 10.6. The summed E-state index contributed by atoms with van der Waals surface area (Å²) in [5, 5.41) is 6.96. The van der Waals surface area contributed by atoms with Crippen LogP contribution in [-0.4, -0.2) is 28.1 Å². The van der Waals surface area contributed by atoms with Gasteiger partial charge >= 0.3 is 0 Å². The largest absolute Gasteiger partial charge is 0.496 e. The van der Waals surface area contributed by atoms with Crippen molar-refractivity contribution in [1.29, 1.82) is 0 Å². The van der Waals surface area contributed by atoms with Gasteiger partial charge in [0.15, 0.2) is 0 Å². The molecule has 0 atom stereocenters. The predicted octanol–water partition coefficient (Wildman–Crippen LogP) is 6.34. The Hall–Kier alpha value is -4.78. The van der Waals surface area contributed by atoms with Gasteiger partial charge in [0.1, 0.15) is 5.75 Å². The highest BCUT2D eigenvalue weighted by Crippen LogP contribution is 2.33. The number of rotatable bonds is 6. The van der Waals surface area contributed by atoms with Gasteiger partial charge in [0.25, 0.3) is 5.91 Å². The first kappa shape index (κ1) is 23.0. The molecule has 2 aromatic heterocycles. The minimum atomic E-state index is -0.182. The number of hydrogen-bond donors (Lipinski definition) is 1. The van der Waals surface area contributed by atoms with E-state index in [4.69, 9.17) is 9.26 Å². The van der Waals surface area contributed by atoms with Crippen molar-refractivity contribution in [2.75, 3.05) is 12.4 Å². The molecule has 0 saturated carbocycles. The zero-order valence-corrected chi connectivity index (χ0v) is 20.1. The summed E-state index contributed by atoms with van der Waals surface area (Å²) in [4.78, 5) is 21.4. The summed E-state index contributed by atoms with van der Waals surface area (Å²) in [6.07, 6.45) is 3.45. The third-order valence-corrected chi connectivity index (χ3v) is 5.92. The van der Waals surface area contributed by atoms with E-state index in [1.165, 1.54) is 0 Å². The fraction of sp³-hybridized carbons (Fsp3) is 0.103. The van der Waals surface area contributed by atoms with Gasteiger partial charge in [-0.1, -0.05) is 35.5 Å². The van der Waals surface area contributed by atoms with E-state index in [0.717, 1.165) is 39.1 Å². The van der Waals surface area contributed by atoms with E-state index >= 15 is 0 Å². The number of benzene rings is 3. The van der Waals surface area contributed by atoms with Crippen LogP contribution in [0.4, 0.5) is 5.69 Å². The third-order valence-electron chi connectivity index (χ3n) is 5.92. The van der Waals surface area contributed by atoms with E-state index in [9.17, 15) is 4.79 Å². The quantitative estimate of drug-likeness (QED) is 0.307. The standard InChI is InChI=1S/C29H24N4O3/c1-18-16-23(8-10-25(18)20-4-6-22(7-5-20)28-31-19(2)36-33-28)29(34)32-24-9-11-27(35-3)26(17-24)21-12-14-30-15-13-21/h4-17H,1-3H3,(H,32,34). The van der Waals surface area contributed by atoms with Crippen molar-refractivity contribution in [2.45, 2.75) is 13.8 Å². The minimum Gasteiger partial charge on any atom is -0.496 e. The van der Waals surface area contributed by atoms with Crippen LogP contribution in [-0.2, 0) is 0 Å². The highest BCUT2D eigenvalue weighted by molar-refractivity contribution is 6.05. The molecule has 7 heteroatoms. The van der Waals surface area contributed by atoms with Gasteiger partial charge in [-0.25, -0.2) is 0 Å². The molecule has 0 unspecified atom stereocenters. The lowest BCUT2D eigenvalue weighted by atomic mass is 9.97. The van der Waals surface area contributed by atoms with Gasteiger partial charge in [-0.05, 0) is 71.6 Å². The Balaban J connectivity index is 1.35. The summed E-state index contributed by atoms with van der Waals surface area (Å²) in [6.45, 7) is 3.76. The maximum Gasteiger partial charge on any atom is 0.255 e. The molecule has 3 aromatic carbocycles. The average molecular weight is 477 g/mol. The number of anilines is 1. The lowest BCUT2D eigenvalue weighted by Crippen LogP contribution is -2.12. The summed E-state index contributed by atoms with van der Waals surface area (Å²) >= 11 is 0. The molecule has 5 aromatic rings. The predicted molar refractivity (Wildman–Crippen MR) is 139 cm³/mol. The molecule has 178 valence electrons. The van der Waals surface area contributed by atoms with Crippen LogP contribution in [0.5, 0.6) is 5.75 Å². The van der Waals surface area contributed by atoms with E-state index in [1.807, 2.05) is 79.7 Å². The van der Waals surface area contributed by atoms with Gasteiger partial charge in [-0.3, -0.25) is 9.78 Å². The summed E-state index contributed by atoms with van der Waals surface area (Å²) in [6, 6.07) is 23.0. The summed E-state index contributed by atoms with van der Waals surface area (Å²) in [5.41, 5.74) is 7.07. The average Bonchev–Trinajstić information content (AvgIpc) is 3.35. The molecule has 0 fully saturated rings. The number of hydrogen-bond acceptors (Lipinski definition) is 6.